The summed E-state index contributed by atoms with van der Waals surface area (Å²) in [7, 11) is 0. The number of pyridine rings is 1. The van der Waals surface area contributed by atoms with E-state index >= 15 is 4.39 Å². The highest BCUT2D eigenvalue weighted by Crippen LogP contribution is 2.37. The molecule has 1 aromatic heterocycles. The van der Waals surface area contributed by atoms with E-state index in [9.17, 15) is 31.1 Å². The molecular weight excluding hydrogens is 576 g/mol. The van der Waals surface area contributed by atoms with Crippen molar-refractivity contribution in [1.82, 2.24) is 4.98 Å². The summed E-state index contributed by atoms with van der Waals surface area (Å²) in [5.74, 6) is -6.52. The zero-order chi connectivity index (χ0) is 27.1. The van der Waals surface area contributed by atoms with Crippen molar-refractivity contribution in [2.45, 2.75) is 25.6 Å². The maximum atomic E-state index is 15.3. The van der Waals surface area contributed by atoms with Gasteiger partial charge >= 0.3 is 6.18 Å². The van der Waals surface area contributed by atoms with E-state index in [1.165, 1.54) is 0 Å². The van der Waals surface area contributed by atoms with Gasteiger partial charge in [0.05, 0.1) is 34.3 Å². The summed E-state index contributed by atoms with van der Waals surface area (Å²) in [4.78, 5) is 17.9. The molecule has 39 heavy (non-hydrogen) atoms. The smallest absolute Gasteiger partial charge is 0.368 e. The van der Waals surface area contributed by atoms with Crippen LogP contribution in [0.3, 0.4) is 0 Å². The van der Waals surface area contributed by atoms with Crippen LogP contribution < -0.4 is 16.0 Å². The van der Waals surface area contributed by atoms with Crippen LogP contribution in [0.5, 0.6) is 0 Å². The van der Waals surface area contributed by atoms with Crippen molar-refractivity contribution in [3.8, 4) is 11.1 Å². The fourth-order valence-corrected chi connectivity index (χ4v) is 4.44. The number of rotatable bonds is 4. The van der Waals surface area contributed by atoms with Crippen molar-refractivity contribution >= 4 is 42.1 Å². The lowest BCUT2D eigenvalue weighted by atomic mass is 9.96. The van der Waals surface area contributed by atoms with Gasteiger partial charge in [-0.2, -0.15) is 13.2 Å². The number of carbonyl (C=O) groups is 1. The number of hydrogen-bond acceptors (Lipinski definition) is 4. The number of benzene rings is 2. The van der Waals surface area contributed by atoms with Crippen molar-refractivity contribution in [2.75, 3.05) is 23.3 Å². The maximum absolute atomic E-state index is 15.3. The minimum atomic E-state index is -4.78. The molecule has 0 bridgehead atoms. The lowest BCUT2D eigenvalue weighted by Crippen LogP contribution is -2.46. The number of anilines is 2. The molecule has 1 fully saturated rings. The highest BCUT2D eigenvalue weighted by molar-refractivity contribution is 6.06. The minimum Gasteiger partial charge on any atom is -0.368 e. The van der Waals surface area contributed by atoms with Crippen LogP contribution in [0.25, 0.3) is 11.1 Å². The standard InChI is InChI=1S/C25H21F7N4O.2ClH/c1-12-7-13(33)11-36(10-12)19-8-20(25(30,31)32)34-9-18(19)35-24(37)14-5-6-17(28)22(23(14)29)21-15(26)3-2-4-16(21)27;;/h2-6,8-9,12-13H,7,10-11,33H2,1H3,(H,35,37);2*1H/t12-,13+;;/m1../s1. The molecule has 0 saturated carbocycles. The molecule has 14 heteroatoms. The molecule has 2 atom stereocenters. The number of nitrogens with two attached hydrogens (primary N) is 1. The van der Waals surface area contributed by atoms with Crippen LogP contribution in [0.1, 0.15) is 29.4 Å². The average Bonchev–Trinajstić information content (AvgIpc) is 2.79. The average molecular weight is 599 g/mol. The molecule has 3 N–H and O–H groups in total. The fourth-order valence-electron chi connectivity index (χ4n) is 4.44. The molecule has 1 saturated heterocycles. The first-order valence-electron chi connectivity index (χ1n) is 11.2. The Balaban J connectivity index is 0.00000267. The molecule has 1 aliphatic rings. The topological polar surface area (TPSA) is 71.2 Å². The SMILES string of the molecule is C[C@@H]1C[C@H](N)CN(c2cc(C(F)(F)F)ncc2NC(=O)c2ccc(F)c(-c3c(F)cccc3F)c2F)C1.Cl.Cl. The number of hydrogen-bond donors (Lipinski definition) is 2. The zero-order valence-corrected chi connectivity index (χ0v) is 21.8. The Morgan fingerprint density at radius 1 is 1.00 bits per heavy atom. The summed E-state index contributed by atoms with van der Waals surface area (Å²) in [5.41, 5.74) is 1.73. The first kappa shape index (κ1) is 32.1. The van der Waals surface area contributed by atoms with Crippen LogP contribution in [0.2, 0.25) is 0 Å². The maximum Gasteiger partial charge on any atom is 0.433 e. The Hall–Kier alpha value is -3.09. The van der Waals surface area contributed by atoms with Crippen molar-refractivity contribution < 1.29 is 35.5 Å². The Labute approximate surface area is 231 Å². The third kappa shape index (κ3) is 6.74. The Kier molecular flexibility index (Phi) is 10.2. The van der Waals surface area contributed by atoms with Gasteiger partial charge in [-0.1, -0.05) is 13.0 Å². The second kappa shape index (κ2) is 12.4. The monoisotopic (exact) mass is 598 g/mol. The molecular formula is C25H23Cl2F7N4O. The normalized spacial score (nSPS) is 17.2. The number of aromatic nitrogens is 1. The van der Waals surface area contributed by atoms with Crippen molar-refractivity contribution in [3.63, 3.8) is 0 Å². The van der Waals surface area contributed by atoms with Gasteiger partial charge in [-0.05, 0) is 42.7 Å². The van der Waals surface area contributed by atoms with Crippen molar-refractivity contribution in [3.05, 3.63) is 77.1 Å². The van der Waals surface area contributed by atoms with Crippen LogP contribution in [0, 0.1) is 29.2 Å². The van der Waals surface area contributed by atoms with Crippen molar-refractivity contribution in [1.29, 1.82) is 0 Å². The summed E-state index contributed by atoms with van der Waals surface area (Å²) < 4.78 is 98.3. The van der Waals surface area contributed by atoms with E-state index in [2.05, 4.69) is 10.3 Å². The van der Waals surface area contributed by atoms with Gasteiger partial charge in [-0.25, -0.2) is 22.5 Å². The molecule has 0 radical (unpaired) electrons. The predicted octanol–water partition coefficient (Wildman–Crippen LogP) is 6.59. The molecule has 0 aliphatic carbocycles. The third-order valence-corrected chi connectivity index (χ3v) is 6.00. The first-order valence-corrected chi connectivity index (χ1v) is 11.2. The molecule has 1 amide bonds. The predicted molar refractivity (Wildman–Crippen MR) is 137 cm³/mol. The van der Waals surface area contributed by atoms with Crippen LogP contribution >= 0.6 is 24.8 Å². The summed E-state index contributed by atoms with van der Waals surface area (Å²) in [6.45, 7) is 2.39. The Morgan fingerprint density at radius 2 is 1.62 bits per heavy atom. The Bertz CT molecular complexity index is 1330. The van der Waals surface area contributed by atoms with E-state index in [0.717, 1.165) is 36.5 Å². The third-order valence-electron chi connectivity index (χ3n) is 6.00. The van der Waals surface area contributed by atoms with Gasteiger partial charge in [0.1, 0.15) is 29.0 Å². The minimum absolute atomic E-state index is 0. The number of halogens is 9. The van der Waals surface area contributed by atoms with Crippen molar-refractivity contribution in [2.24, 2.45) is 11.7 Å². The molecule has 2 aromatic carbocycles. The van der Waals surface area contributed by atoms with Crippen LogP contribution in [0.4, 0.5) is 42.1 Å². The lowest BCUT2D eigenvalue weighted by molar-refractivity contribution is -0.141. The molecule has 2 heterocycles. The largest absolute Gasteiger partial charge is 0.433 e. The molecule has 5 nitrogen and oxygen atoms in total. The van der Waals surface area contributed by atoms with Crippen LogP contribution in [-0.2, 0) is 6.18 Å². The molecule has 3 aromatic rings. The van der Waals surface area contributed by atoms with Crippen LogP contribution in [-0.4, -0.2) is 30.0 Å². The van der Waals surface area contributed by atoms with E-state index < -0.39 is 57.7 Å². The van der Waals surface area contributed by atoms with E-state index in [1.807, 2.05) is 6.92 Å². The highest BCUT2D eigenvalue weighted by Gasteiger charge is 2.35. The summed E-state index contributed by atoms with van der Waals surface area (Å²) in [6.07, 6.45) is -3.35. The molecule has 1 aliphatic heterocycles. The van der Waals surface area contributed by atoms with Gasteiger partial charge in [0, 0.05) is 19.1 Å². The second-order valence-electron chi connectivity index (χ2n) is 8.93. The van der Waals surface area contributed by atoms with E-state index in [1.54, 1.807) is 4.90 Å². The number of alkyl halides is 3. The highest BCUT2D eigenvalue weighted by atomic mass is 35.5. The lowest BCUT2D eigenvalue weighted by Gasteiger charge is -2.37. The van der Waals surface area contributed by atoms with Crippen LogP contribution in [0.15, 0.2) is 42.6 Å². The van der Waals surface area contributed by atoms with Gasteiger partial charge < -0.3 is 16.0 Å². The number of nitrogens with zero attached hydrogens (tertiary/aromatic N) is 2. The first-order chi connectivity index (χ1) is 17.4. The molecule has 0 unspecified atom stereocenters. The van der Waals surface area contributed by atoms with Gasteiger partial charge in [-0.3, -0.25) is 4.79 Å². The number of piperidine rings is 1. The fraction of sp³-hybridized carbons (Fsp3) is 0.280. The zero-order valence-electron chi connectivity index (χ0n) is 20.2. The number of nitrogens with one attached hydrogen (secondary N) is 1. The van der Waals surface area contributed by atoms with E-state index in [0.29, 0.717) is 19.0 Å². The summed E-state index contributed by atoms with van der Waals surface area (Å²) in [5, 5.41) is 2.30. The number of amides is 1. The second-order valence-corrected chi connectivity index (χ2v) is 8.93. The Morgan fingerprint density at radius 3 is 2.21 bits per heavy atom. The number of carbonyl (C=O) groups excluding carboxylic acids is 1. The quantitative estimate of drug-likeness (QED) is 0.332. The van der Waals surface area contributed by atoms with Gasteiger partial charge in [0.2, 0.25) is 0 Å². The van der Waals surface area contributed by atoms with Gasteiger partial charge in [-0.15, -0.1) is 24.8 Å². The summed E-state index contributed by atoms with van der Waals surface area (Å²) >= 11 is 0. The van der Waals surface area contributed by atoms with Gasteiger partial charge in [0.15, 0.2) is 0 Å². The molecule has 4 rings (SSSR count). The molecule has 212 valence electrons. The molecule has 0 spiro atoms. The van der Waals surface area contributed by atoms with Gasteiger partial charge in [0.25, 0.3) is 5.91 Å². The summed E-state index contributed by atoms with van der Waals surface area (Å²) in [6, 6.07) is 4.44. The van der Waals surface area contributed by atoms with E-state index in [-0.39, 0.29) is 54.7 Å². The van der Waals surface area contributed by atoms with E-state index in [4.69, 9.17) is 5.73 Å².